The van der Waals surface area contributed by atoms with E-state index in [1.54, 1.807) is 0 Å². The van der Waals surface area contributed by atoms with Gasteiger partial charge in [-0.1, -0.05) is 12.1 Å². The lowest BCUT2D eigenvalue weighted by Gasteiger charge is -2.33. The lowest BCUT2D eigenvalue weighted by molar-refractivity contribution is -0.0556. The molecule has 2 nitrogen and oxygen atoms in total. The molecule has 2 rings (SSSR count). The molecule has 2 aromatic rings. The summed E-state index contributed by atoms with van der Waals surface area (Å²) in [6.45, 7) is 2.44. The first-order valence-electron chi connectivity index (χ1n) is 6.89. The molecule has 0 aliphatic rings. The first-order valence-corrected chi connectivity index (χ1v) is 6.89. The fourth-order valence-electron chi connectivity index (χ4n) is 2.71. The van der Waals surface area contributed by atoms with E-state index in [4.69, 9.17) is 0 Å². The van der Waals surface area contributed by atoms with E-state index >= 15 is 0 Å². The van der Waals surface area contributed by atoms with Crippen molar-refractivity contribution in [1.82, 2.24) is 0 Å². The molecule has 0 saturated carbocycles. The Morgan fingerprint density at radius 1 is 0.739 bits per heavy atom. The Morgan fingerprint density at radius 3 is 1.39 bits per heavy atom. The summed E-state index contributed by atoms with van der Waals surface area (Å²) in [5, 5.41) is 21.0. The molecule has 0 aliphatic heterocycles. The predicted molar refractivity (Wildman–Crippen MR) is 76.5 cm³/mol. The topological polar surface area (TPSA) is 40.5 Å². The molecule has 0 aromatic heterocycles. The van der Waals surface area contributed by atoms with Crippen LogP contribution in [0.1, 0.15) is 31.4 Å². The molecule has 23 heavy (non-hydrogen) atoms. The van der Waals surface area contributed by atoms with E-state index in [0.717, 1.165) is 24.3 Å². The highest BCUT2D eigenvalue weighted by Crippen LogP contribution is 2.38. The molecule has 0 aliphatic carbocycles. The summed E-state index contributed by atoms with van der Waals surface area (Å²) in [4.78, 5) is 0. The normalized spacial score (nSPS) is 16.7. The molecular weight excluding hydrogens is 312 g/mol. The van der Waals surface area contributed by atoms with Crippen LogP contribution in [0.2, 0.25) is 0 Å². The fraction of sp³-hybridized carbons (Fsp3) is 0.294. The maximum atomic E-state index is 13.9. The Morgan fingerprint density at radius 2 is 1.09 bits per heavy atom. The molecular formula is C17H16F4O2. The maximum absolute atomic E-state index is 13.9. The monoisotopic (exact) mass is 328 g/mol. The van der Waals surface area contributed by atoms with E-state index in [9.17, 15) is 27.8 Å². The van der Waals surface area contributed by atoms with Crippen LogP contribution >= 0.6 is 0 Å². The molecule has 0 amide bonds. The first kappa shape index (κ1) is 17.4. The SMILES string of the molecule is CC(O)(CC(C)(O)c1ccc(F)cc1F)c1ccc(F)cc1F. The van der Waals surface area contributed by atoms with Gasteiger partial charge in [0.15, 0.2) is 0 Å². The van der Waals surface area contributed by atoms with Crippen molar-refractivity contribution in [1.29, 1.82) is 0 Å². The van der Waals surface area contributed by atoms with Crippen molar-refractivity contribution in [3.63, 3.8) is 0 Å². The molecule has 0 heterocycles. The van der Waals surface area contributed by atoms with Gasteiger partial charge in [0.2, 0.25) is 0 Å². The van der Waals surface area contributed by atoms with Gasteiger partial charge >= 0.3 is 0 Å². The average Bonchev–Trinajstić information content (AvgIpc) is 2.35. The molecule has 0 bridgehead atoms. The lowest BCUT2D eigenvalue weighted by Crippen LogP contribution is -2.35. The summed E-state index contributed by atoms with van der Waals surface area (Å²) >= 11 is 0. The van der Waals surface area contributed by atoms with Crippen molar-refractivity contribution in [2.45, 2.75) is 31.5 Å². The van der Waals surface area contributed by atoms with Gasteiger partial charge < -0.3 is 10.2 Å². The Labute approximate surface area is 131 Å². The van der Waals surface area contributed by atoms with Gasteiger partial charge in [-0.3, -0.25) is 0 Å². The Balaban J connectivity index is 2.37. The zero-order valence-electron chi connectivity index (χ0n) is 12.6. The van der Waals surface area contributed by atoms with Crippen LogP contribution in [0.4, 0.5) is 17.6 Å². The Hall–Kier alpha value is -1.92. The highest BCUT2D eigenvalue weighted by molar-refractivity contribution is 5.29. The van der Waals surface area contributed by atoms with Crippen molar-refractivity contribution < 1.29 is 27.8 Å². The Bertz CT molecular complexity index is 665. The molecule has 2 unspecified atom stereocenters. The molecule has 124 valence electrons. The van der Waals surface area contributed by atoms with Crippen LogP contribution in [0.3, 0.4) is 0 Å². The van der Waals surface area contributed by atoms with E-state index in [1.165, 1.54) is 13.8 Å². The molecule has 0 saturated heterocycles. The zero-order chi connectivity index (χ0) is 17.4. The predicted octanol–water partition coefficient (Wildman–Crippen LogP) is 3.75. The van der Waals surface area contributed by atoms with Gasteiger partial charge in [-0.15, -0.1) is 0 Å². The van der Waals surface area contributed by atoms with Gasteiger partial charge in [0.1, 0.15) is 23.3 Å². The van der Waals surface area contributed by atoms with Crippen LogP contribution in [0.25, 0.3) is 0 Å². The quantitative estimate of drug-likeness (QED) is 0.839. The van der Waals surface area contributed by atoms with Crippen molar-refractivity contribution >= 4 is 0 Å². The second-order valence-corrected chi connectivity index (χ2v) is 5.97. The summed E-state index contributed by atoms with van der Waals surface area (Å²) in [5.41, 5.74) is -4.27. The third-order valence-electron chi connectivity index (χ3n) is 3.71. The minimum absolute atomic E-state index is 0.235. The van der Waals surface area contributed by atoms with E-state index in [2.05, 4.69) is 0 Å². The summed E-state index contributed by atoms with van der Waals surface area (Å²) in [6, 6.07) is 5.28. The van der Waals surface area contributed by atoms with Crippen LogP contribution in [0.5, 0.6) is 0 Å². The van der Waals surface area contributed by atoms with Crippen molar-refractivity contribution in [2.75, 3.05) is 0 Å². The van der Waals surface area contributed by atoms with E-state index < -0.39 is 40.9 Å². The van der Waals surface area contributed by atoms with Crippen LogP contribution in [0.15, 0.2) is 36.4 Å². The van der Waals surface area contributed by atoms with Crippen molar-refractivity contribution in [3.8, 4) is 0 Å². The molecule has 2 N–H and O–H groups in total. The number of aliphatic hydroxyl groups is 2. The zero-order valence-corrected chi connectivity index (χ0v) is 12.6. The molecule has 0 fully saturated rings. The van der Waals surface area contributed by atoms with Crippen LogP contribution in [-0.4, -0.2) is 10.2 Å². The Kier molecular flexibility index (Phi) is 4.50. The number of hydrogen-bond donors (Lipinski definition) is 2. The number of benzene rings is 2. The van der Waals surface area contributed by atoms with E-state index in [0.29, 0.717) is 12.1 Å². The number of halogens is 4. The maximum Gasteiger partial charge on any atom is 0.132 e. The van der Waals surface area contributed by atoms with Crippen LogP contribution < -0.4 is 0 Å². The number of hydrogen-bond acceptors (Lipinski definition) is 2. The fourth-order valence-corrected chi connectivity index (χ4v) is 2.71. The minimum atomic E-state index is -1.90. The van der Waals surface area contributed by atoms with Crippen LogP contribution in [-0.2, 0) is 11.2 Å². The third kappa shape index (κ3) is 3.71. The van der Waals surface area contributed by atoms with E-state index in [-0.39, 0.29) is 11.1 Å². The van der Waals surface area contributed by atoms with Gasteiger partial charge in [-0.2, -0.15) is 0 Å². The highest BCUT2D eigenvalue weighted by atomic mass is 19.1. The summed E-state index contributed by atoms with van der Waals surface area (Å²) in [6.07, 6.45) is -0.481. The molecule has 0 radical (unpaired) electrons. The van der Waals surface area contributed by atoms with Gasteiger partial charge in [0.25, 0.3) is 0 Å². The summed E-state index contributed by atoms with van der Waals surface area (Å²) < 4.78 is 53.6. The largest absolute Gasteiger partial charge is 0.385 e. The number of rotatable bonds is 4. The minimum Gasteiger partial charge on any atom is -0.385 e. The van der Waals surface area contributed by atoms with Gasteiger partial charge in [-0.05, 0) is 26.0 Å². The van der Waals surface area contributed by atoms with Crippen LogP contribution in [0, 0.1) is 23.3 Å². The lowest BCUT2D eigenvalue weighted by atomic mass is 9.80. The average molecular weight is 328 g/mol. The third-order valence-corrected chi connectivity index (χ3v) is 3.71. The summed E-state index contributed by atoms with van der Waals surface area (Å²) in [7, 11) is 0. The standard InChI is InChI=1S/C17H16F4O2/c1-16(22,12-5-3-10(18)7-14(12)20)9-17(2,23)13-6-4-11(19)8-15(13)21/h3-8,22-23H,9H2,1-2H3. The van der Waals surface area contributed by atoms with E-state index in [1.807, 2.05) is 0 Å². The molecule has 2 atom stereocenters. The second-order valence-electron chi connectivity index (χ2n) is 5.97. The second kappa shape index (κ2) is 5.94. The smallest absolute Gasteiger partial charge is 0.132 e. The molecule has 0 spiro atoms. The van der Waals surface area contributed by atoms with Gasteiger partial charge in [-0.25, -0.2) is 17.6 Å². The van der Waals surface area contributed by atoms with Gasteiger partial charge in [0, 0.05) is 29.7 Å². The van der Waals surface area contributed by atoms with Crippen molar-refractivity contribution in [2.24, 2.45) is 0 Å². The molecule has 6 heteroatoms. The molecule has 2 aromatic carbocycles. The summed E-state index contributed by atoms with van der Waals surface area (Å²) in [5.74, 6) is -3.58. The highest BCUT2D eigenvalue weighted by Gasteiger charge is 2.38. The van der Waals surface area contributed by atoms with Crippen molar-refractivity contribution in [3.05, 3.63) is 70.8 Å². The van der Waals surface area contributed by atoms with Gasteiger partial charge in [0.05, 0.1) is 11.2 Å². The first-order chi connectivity index (χ1) is 10.5.